The lowest BCUT2D eigenvalue weighted by Crippen LogP contribution is -2.50. The fourth-order valence-corrected chi connectivity index (χ4v) is 2.10. The van der Waals surface area contributed by atoms with E-state index in [0.29, 0.717) is 12.2 Å². The van der Waals surface area contributed by atoms with Crippen molar-refractivity contribution in [2.24, 2.45) is 0 Å². The van der Waals surface area contributed by atoms with Crippen LogP contribution in [0.15, 0.2) is 30.3 Å². The lowest BCUT2D eigenvalue weighted by molar-refractivity contribution is -0.123. The Morgan fingerprint density at radius 2 is 1.88 bits per heavy atom. The summed E-state index contributed by atoms with van der Waals surface area (Å²) in [7, 11) is 0. The van der Waals surface area contributed by atoms with Crippen molar-refractivity contribution in [2.75, 3.05) is 6.54 Å². The Morgan fingerprint density at radius 1 is 1.25 bits per heavy atom. The van der Waals surface area contributed by atoms with Gasteiger partial charge in [-0.15, -0.1) is 12.4 Å². The van der Waals surface area contributed by atoms with Crippen LogP contribution in [0.3, 0.4) is 0 Å². The average molecular weight is 240 g/mol. The number of Topliss-reactive ketones (excluding diaryl/α,β-unsaturated/α-hetero) is 1. The van der Waals surface area contributed by atoms with Gasteiger partial charge in [-0.05, 0) is 19.4 Å². The number of nitrogens with one attached hydrogen (secondary N) is 1. The van der Waals surface area contributed by atoms with E-state index in [9.17, 15) is 4.79 Å². The molecule has 1 atom stereocenters. The van der Waals surface area contributed by atoms with Gasteiger partial charge in [-0.3, -0.25) is 4.79 Å². The van der Waals surface area contributed by atoms with Gasteiger partial charge in [0.2, 0.25) is 0 Å². The maximum Gasteiger partial charge on any atom is 0.143 e. The van der Waals surface area contributed by atoms with Gasteiger partial charge in [0.15, 0.2) is 0 Å². The second-order valence-electron chi connectivity index (χ2n) is 4.87. The van der Waals surface area contributed by atoms with Gasteiger partial charge in [0.05, 0.1) is 5.92 Å². The third-order valence-corrected chi connectivity index (χ3v) is 2.99. The van der Waals surface area contributed by atoms with Crippen LogP contribution in [-0.2, 0) is 4.79 Å². The van der Waals surface area contributed by atoms with Crippen molar-refractivity contribution in [3.05, 3.63) is 35.9 Å². The Morgan fingerprint density at radius 3 is 2.44 bits per heavy atom. The van der Waals surface area contributed by atoms with Crippen molar-refractivity contribution in [3.63, 3.8) is 0 Å². The lowest BCUT2D eigenvalue weighted by atomic mass is 9.82. The van der Waals surface area contributed by atoms with Crippen molar-refractivity contribution in [3.8, 4) is 0 Å². The highest BCUT2D eigenvalue weighted by Gasteiger charge is 2.33. The molecule has 1 fully saturated rings. The minimum absolute atomic E-state index is 0. The summed E-state index contributed by atoms with van der Waals surface area (Å²) in [5.74, 6) is 0.393. The predicted molar refractivity (Wildman–Crippen MR) is 68.1 cm³/mol. The maximum absolute atomic E-state index is 12.0. The van der Waals surface area contributed by atoms with E-state index in [0.717, 1.165) is 12.1 Å². The van der Waals surface area contributed by atoms with Crippen LogP contribution < -0.4 is 5.32 Å². The number of hydrogen-bond donors (Lipinski definition) is 1. The first-order valence-electron chi connectivity index (χ1n) is 5.41. The summed E-state index contributed by atoms with van der Waals surface area (Å²) in [5, 5.41) is 3.42. The first-order chi connectivity index (χ1) is 7.08. The molecule has 0 aromatic heterocycles. The summed E-state index contributed by atoms with van der Waals surface area (Å²) < 4.78 is 0. The minimum atomic E-state index is -0.0393. The molecule has 1 unspecified atom stereocenters. The summed E-state index contributed by atoms with van der Waals surface area (Å²) in [6.07, 6.45) is 0.618. The first kappa shape index (κ1) is 13.2. The number of benzene rings is 1. The highest BCUT2D eigenvalue weighted by atomic mass is 35.5. The number of carbonyl (C=O) groups is 1. The molecule has 1 aliphatic heterocycles. The molecule has 16 heavy (non-hydrogen) atoms. The molecule has 3 heteroatoms. The predicted octanol–water partition coefficient (Wildman–Crippen LogP) is 2.53. The van der Waals surface area contributed by atoms with Gasteiger partial charge < -0.3 is 5.32 Å². The molecule has 1 saturated heterocycles. The summed E-state index contributed by atoms with van der Waals surface area (Å²) in [5.41, 5.74) is 1.09. The summed E-state index contributed by atoms with van der Waals surface area (Å²) >= 11 is 0. The molecule has 1 N–H and O–H groups in total. The lowest BCUT2D eigenvalue weighted by Gasteiger charge is -2.34. The SMILES string of the molecule is CC1(C)CC(=O)C(c2ccccc2)CN1.Cl. The molecule has 0 spiro atoms. The van der Waals surface area contributed by atoms with Crippen LogP contribution in [0.1, 0.15) is 31.7 Å². The van der Waals surface area contributed by atoms with Crippen molar-refractivity contribution >= 4 is 18.2 Å². The quantitative estimate of drug-likeness (QED) is 0.816. The van der Waals surface area contributed by atoms with E-state index in [4.69, 9.17) is 0 Å². The summed E-state index contributed by atoms with van der Waals surface area (Å²) in [6, 6.07) is 10.0. The fourth-order valence-electron chi connectivity index (χ4n) is 2.10. The molecule has 88 valence electrons. The van der Waals surface area contributed by atoms with E-state index in [1.165, 1.54) is 0 Å². The summed E-state index contributed by atoms with van der Waals surface area (Å²) in [4.78, 5) is 12.0. The van der Waals surface area contributed by atoms with E-state index in [2.05, 4.69) is 19.2 Å². The first-order valence-corrected chi connectivity index (χ1v) is 5.41. The third-order valence-electron chi connectivity index (χ3n) is 2.99. The zero-order valence-electron chi connectivity index (χ0n) is 9.69. The van der Waals surface area contributed by atoms with Gasteiger partial charge in [0.25, 0.3) is 0 Å². The molecule has 0 radical (unpaired) electrons. The normalized spacial score (nSPS) is 23.6. The van der Waals surface area contributed by atoms with Crippen LogP contribution in [0, 0.1) is 0 Å². The van der Waals surface area contributed by atoms with Crippen LogP contribution in [0.2, 0.25) is 0 Å². The molecule has 0 amide bonds. The fraction of sp³-hybridized carbons (Fsp3) is 0.462. The van der Waals surface area contributed by atoms with E-state index < -0.39 is 0 Å². The highest BCUT2D eigenvalue weighted by molar-refractivity contribution is 5.87. The molecular formula is C13H18ClNO. The number of rotatable bonds is 1. The van der Waals surface area contributed by atoms with E-state index in [1.54, 1.807) is 0 Å². The van der Waals surface area contributed by atoms with Crippen molar-refractivity contribution in [1.29, 1.82) is 0 Å². The monoisotopic (exact) mass is 239 g/mol. The average Bonchev–Trinajstić information content (AvgIpc) is 2.17. The number of piperidine rings is 1. The van der Waals surface area contributed by atoms with E-state index in [-0.39, 0.29) is 23.9 Å². The van der Waals surface area contributed by atoms with Crippen LogP contribution in [0.4, 0.5) is 0 Å². The molecular weight excluding hydrogens is 222 g/mol. The molecule has 0 aliphatic carbocycles. The molecule has 1 heterocycles. The summed E-state index contributed by atoms with van der Waals surface area (Å²) in [6.45, 7) is 4.91. The largest absolute Gasteiger partial charge is 0.310 e. The topological polar surface area (TPSA) is 29.1 Å². The van der Waals surface area contributed by atoms with Gasteiger partial charge in [0, 0.05) is 18.5 Å². The van der Waals surface area contributed by atoms with Crippen LogP contribution in [0.25, 0.3) is 0 Å². The molecule has 1 aromatic carbocycles. The molecule has 1 aromatic rings. The van der Waals surface area contributed by atoms with Crippen LogP contribution >= 0.6 is 12.4 Å². The Kier molecular flexibility index (Phi) is 4.11. The number of halogens is 1. The van der Waals surface area contributed by atoms with Crippen molar-refractivity contribution in [1.82, 2.24) is 5.32 Å². The van der Waals surface area contributed by atoms with Gasteiger partial charge in [-0.25, -0.2) is 0 Å². The van der Waals surface area contributed by atoms with E-state index >= 15 is 0 Å². The number of hydrogen-bond acceptors (Lipinski definition) is 2. The molecule has 1 aliphatic rings. The van der Waals surface area contributed by atoms with Gasteiger partial charge in [-0.2, -0.15) is 0 Å². The smallest absolute Gasteiger partial charge is 0.143 e. The number of ketones is 1. The van der Waals surface area contributed by atoms with Gasteiger partial charge >= 0.3 is 0 Å². The molecule has 0 saturated carbocycles. The van der Waals surface area contributed by atoms with Crippen LogP contribution in [-0.4, -0.2) is 17.9 Å². The Bertz CT molecular complexity index is 361. The molecule has 2 rings (SSSR count). The van der Waals surface area contributed by atoms with Gasteiger partial charge in [-0.1, -0.05) is 30.3 Å². The highest BCUT2D eigenvalue weighted by Crippen LogP contribution is 2.26. The zero-order valence-corrected chi connectivity index (χ0v) is 10.5. The van der Waals surface area contributed by atoms with Crippen molar-refractivity contribution in [2.45, 2.75) is 31.7 Å². The molecule has 0 bridgehead atoms. The second-order valence-corrected chi connectivity index (χ2v) is 4.87. The minimum Gasteiger partial charge on any atom is -0.310 e. The Labute approximate surface area is 103 Å². The number of carbonyl (C=O) groups excluding carboxylic acids is 1. The standard InChI is InChI=1S/C13H17NO.ClH/c1-13(2)8-12(15)11(9-14-13)10-6-4-3-5-7-10;/h3-7,11,14H,8-9H2,1-2H3;1H. The Balaban J connectivity index is 0.00000128. The second kappa shape index (κ2) is 4.98. The third kappa shape index (κ3) is 2.83. The zero-order chi connectivity index (χ0) is 10.9. The van der Waals surface area contributed by atoms with Crippen molar-refractivity contribution < 1.29 is 4.79 Å². The van der Waals surface area contributed by atoms with E-state index in [1.807, 2.05) is 30.3 Å². The molecule has 2 nitrogen and oxygen atoms in total. The Hall–Kier alpha value is -0.860. The maximum atomic E-state index is 12.0. The van der Waals surface area contributed by atoms with Crippen LogP contribution in [0.5, 0.6) is 0 Å². The van der Waals surface area contributed by atoms with Gasteiger partial charge in [0.1, 0.15) is 5.78 Å².